The van der Waals surface area contributed by atoms with E-state index in [4.69, 9.17) is 0 Å². The molecule has 0 rings (SSSR count). The van der Waals surface area contributed by atoms with Crippen LogP contribution in [0.4, 0.5) is 0 Å². The molecule has 0 bridgehead atoms. The molecular formula is C21H28O10. The second-order valence-electron chi connectivity index (χ2n) is 6.51. The molecule has 0 fully saturated rings. The molecule has 0 saturated carbocycles. The molecule has 31 heavy (non-hydrogen) atoms. The van der Waals surface area contributed by atoms with Gasteiger partial charge < -0.3 is 18.9 Å². The summed E-state index contributed by atoms with van der Waals surface area (Å²) < 4.78 is 18.6. The predicted octanol–water partition coefficient (Wildman–Crippen LogP) is 1.40. The summed E-state index contributed by atoms with van der Waals surface area (Å²) in [6.07, 6.45) is 0.844. The summed E-state index contributed by atoms with van der Waals surface area (Å²) in [6, 6.07) is 0. The van der Waals surface area contributed by atoms with Gasteiger partial charge in [-0.1, -0.05) is 13.2 Å². The number of hydrogen-bond acceptors (Lipinski definition) is 10. The highest BCUT2D eigenvalue weighted by molar-refractivity contribution is 6.30. The molecule has 0 aliphatic carbocycles. The van der Waals surface area contributed by atoms with Gasteiger partial charge in [-0.3, -0.25) is 9.59 Å². The van der Waals surface area contributed by atoms with Gasteiger partial charge in [-0.25, -0.2) is 19.2 Å². The van der Waals surface area contributed by atoms with Crippen LogP contribution in [0.25, 0.3) is 0 Å². The molecule has 0 saturated heterocycles. The summed E-state index contributed by atoms with van der Waals surface area (Å²) >= 11 is 0. The van der Waals surface area contributed by atoms with Gasteiger partial charge >= 0.3 is 23.9 Å². The third kappa shape index (κ3) is 13.5. The molecule has 0 radical (unpaired) electrons. The predicted molar refractivity (Wildman–Crippen MR) is 107 cm³/mol. The van der Waals surface area contributed by atoms with Crippen molar-refractivity contribution in [3.63, 3.8) is 0 Å². The van der Waals surface area contributed by atoms with Crippen LogP contribution in [0, 0.1) is 0 Å². The largest absolute Gasteiger partial charge is 0.457 e. The summed E-state index contributed by atoms with van der Waals surface area (Å²) in [5.74, 6) is -5.16. The van der Waals surface area contributed by atoms with Crippen LogP contribution in [0.15, 0.2) is 24.3 Å². The Balaban J connectivity index is 3.82. The molecule has 172 valence electrons. The lowest BCUT2D eigenvalue weighted by Gasteiger charge is -2.07. The lowest BCUT2D eigenvalue weighted by molar-refractivity contribution is -0.169. The maximum Gasteiger partial charge on any atom is 0.417 e. The normalized spacial score (nSPS) is 9.87. The van der Waals surface area contributed by atoms with Gasteiger partial charge in [0.2, 0.25) is 0 Å². The monoisotopic (exact) mass is 440 g/mol. The van der Waals surface area contributed by atoms with Crippen LogP contribution in [-0.4, -0.2) is 61.9 Å². The number of esters is 4. The zero-order valence-corrected chi connectivity index (χ0v) is 17.9. The Bertz CT molecular complexity index is 660. The third-order valence-electron chi connectivity index (χ3n) is 3.60. The summed E-state index contributed by atoms with van der Waals surface area (Å²) in [5, 5.41) is 0. The first-order chi connectivity index (χ1) is 14.6. The number of allylic oxidation sites excluding steroid dienone is 2. The molecule has 0 atom stereocenters. The van der Waals surface area contributed by atoms with Crippen molar-refractivity contribution >= 4 is 35.4 Å². The summed E-state index contributed by atoms with van der Waals surface area (Å²) in [6.45, 7) is 9.41. The lowest BCUT2D eigenvalue weighted by atomic mass is 10.1. The number of hydrogen-bond donors (Lipinski definition) is 0. The van der Waals surface area contributed by atoms with Crippen molar-refractivity contribution in [2.75, 3.05) is 26.4 Å². The van der Waals surface area contributed by atoms with Gasteiger partial charge in [0.25, 0.3) is 0 Å². The van der Waals surface area contributed by atoms with Crippen molar-refractivity contribution in [2.45, 2.75) is 46.0 Å². The Hall–Kier alpha value is -3.30. The smallest absolute Gasteiger partial charge is 0.417 e. The van der Waals surface area contributed by atoms with Crippen LogP contribution < -0.4 is 0 Å². The fourth-order valence-corrected chi connectivity index (χ4v) is 1.85. The number of Topliss-reactive ketones (excluding diaryl/α,β-unsaturated/α-hetero) is 2. The lowest BCUT2D eigenvalue weighted by Crippen LogP contribution is -2.23. The van der Waals surface area contributed by atoms with Gasteiger partial charge in [-0.15, -0.1) is 0 Å². The summed E-state index contributed by atoms with van der Waals surface area (Å²) in [5.41, 5.74) is 0.796. The topological polar surface area (TPSA) is 139 Å². The van der Waals surface area contributed by atoms with Gasteiger partial charge in [0, 0.05) is 19.3 Å². The molecule has 0 aromatic heterocycles. The van der Waals surface area contributed by atoms with E-state index in [1.54, 1.807) is 13.8 Å². The standard InChI is InChI=1S/C21H28O10/c1-14(2)16(22)8-5-10-28-18(24)20(26)30-12-7-13-31-21(27)19(25)29-11-6-9-17(23)15(3)4/h1,3,5-13H2,2,4H3. The second-order valence-corrected chi connectivity index (χ2v) is 6.51. The number of ketones is 2. The van der Waals surface area contributed by atoms with Crippen LogP contribution in [0.2, 0.25) is 0 Å². The number of rotatable bonds is 14. The quantitative estimate of drug-likeness (QED) is 0.128. The Morgan fingerprint density at radius 2 is 0.774 bits per heavy atom. The average Bonchev–Trinajstić information content (AvgIpc) is 2.72. The molecular weight excluding hydrogens is 412 g/mol. The number of carbonyl (C=O) groups is 6. The molecule has 0 spiro atoms. The average molecular weight is 440 g/mol. The van der Waals surface area contributed by atoms with E-state index >= 15 is 0 Å². The molecule has 0 aromatic carbocycles. The molecule has 0 aliphatic heterocycles. The Morgan fingerprint density at radius 1 is 0.516 bits per heavy atom. The maximum absolute atomic E-state index is 11.4. The van der Waals surface area contributed by atoms with E-state index in [1.807, 2.05) is 0 Å². The number of ether oxygens (including phenoxy) is 4. The van der Waals surface area contributed by atoms with Crippen molar-refractivity contribution in [1.29, 1.82) is 0 Å². The second kappa shape index (κ2) is 15.5. The van der Waals surface area contributed by atoms with E-state index in [0.29, 0.717) is 11.1 Å². The first-order valence-electron chi connectivity index (χ1n) is 9.61. The highest BCUT2D eigenvalue weighted by Gasteiger charge is 2.19. The molecule has 10 nitrogen and oxygen atoms in total. The highest BCUT2D eigenvalue weighted by atomic mass is 16.6. The van der Waals surface area contributed by atoms with Crippen LogP contribution >= 0.6 is 0 Å². The molecule has 0 aliphatic rings. The molecule has 0 N–H and O–H groups in total. The zero-order chi connectivity index (χ0) is 23.8. The minimum absolute atomic E-state index is 0.0399. The van der Waals surface area contributed by atoms with E-state index in [2.05, 4.69) is 32.1 Å². The van der Waals surface area contributed by atoms with Crippen LogP contribution in [0.1, 0.15) is 46.0 Å². The van der Waals surface area contributed by atoms with Crippen molar-refractivity contribution in [1.82, 2.24) is 0 Å². The van der Waals surface area contributed by atoms with Gasteiger partial charge in [0.05, 0.1) is 26.4 Å². The summed E-state index contributed by atoms with van der Waals surface area (Å²) in [4.78, 5) is 68.3. The Kier molecular flexibility index (Phi) is 13.9. The summed E-state index contributed by atoms with van der Waals surface area (Å²) in [7, 11) is 0. The third-order valence-corrected chi connectivity index (χ3v) is 3.60. The van der Waals surface area contributed by atoms with E-state index < -0.39 is 23.9 Å². The maximum atomic E-state index is 11.4. The molecule has 0 amide bonds. The van der Waals surface area contributed by atoms with E-state index in [0.717, 1.165) is 0 Å². The minimum Gasteiger partial charge on any atom is -0.457 e. The van der Waals surface area contributed by atoms with E-state index in [-0.39, 0.29) is 70.1 Å². The Morgan fingerprint density at radius 3 is 1.03 bits per heavy atom. The minimum atomic E-state index is -1.22. The van der Waals surface area contributed by atoms with Gasteiger partial charge in [0.15, 0.2) is 11.6 Å². The van der Waals surface area contributed by atoms with Crippen LogP contribution in [-0.2, 0) is 47.7 Å². The molecule has 0 unspecified atom stereocenters. The van der Waals surface area contributed by atoms with Crippen LogP contribution in [0.5, 0.6) is 0 Å². The fourth-order valence-electron chi connectivity index (χ4n) is 1.85. The molecule has 10 heteroatoms. The molecule has 0 heterocycles. The van der Waals surface area contributed by atoms with Crippen molar-refractivity contribution in [3.05, 3.63) is 24.3 Å². The van der Waals surface area contributed by atoms with Crippen molar-refractivity contribution in [3.8, 4) is 0 Å². The molecule has 0 aromatic rings. The SMILES string of the molecule is C=C(C)C(=O)CCCOC(=O)C(=O)OCCCOC(=O)C(=O)OCCCC(=O)C(=C)C. The van der Waals surface area contributed by atoms with Crippen molar-refractivity contribution in [2.24, 2.45) is 0 Å². The first kappa shape index (κ1) is 27.7. The van der Waals surface area contributed by atoms with E-state index in [9.17, 15) is 28.8 Å². The van der Waals surface area contributed by atoms with Gasteiger partial charge in [-0.05, 0) is 37.8 Å². The van der Waals surface area contributed by atoms with Gasteiger partial charge in [0.1, 0.15) is 0 Å². The zero-order valence-electron chi connectivity index (χ0n) is 17.9. The Labute approximate surface area is 180 Å². The van der Waals surface area contributed by atoms with Crippen LogP contribution in [0.3, 0.4) is 0 Å². The first-order valence-corrected chi connectivity index (χ1v) is 9.61. The highest BCUT2D eigenvalue weighted by Crippen LogP contribution is 2.01. The van der Waals surface area contributed by atoms with Crippen molar-refractivity contribution < 1.29 is 47.7 Å². The van der Waals surface area contributed by atoms with E-state index in [1.165, 1.54) is 0 Å². The number of carbonyl (C=O) groups excluding carboxylic acids is 6. The fraction of sp³-hybridized carbons (Fsp3) is 0.524. The van der Waals surface area contributed by atoms with Gasteiger partial charge in [-0.2, -0.15) is 0 Å².